The third kappa shape index (κ3) is 3.26. The van der Waals surface area contributed by atoms with Crippen LogP contribution >= 0.6 is 11.3 Å². The Balaban J connectivity index is 2.72. The van der Waals surface area contributed by atoms with Gasteiger partial charge in [0.15, 0.2) is 0 Å². The van der Waals surface area contributed by atoms with Gasteiger partial charge >= 0.3 is 0 Å². The molecule has 0 amide bonds. The van der Waals surface area contributed by atoms with Crippen LogP contribution in [0.2, 0.25) is 0 Å². The van der Waals surface area contributed by atoms with Crippen LogP contribution in [-0.4, -0.2) is 22.7 Å². The highest BCUT2D eigenvalue weighted by Crippen LogP contribution is 2.25. The number of nitrogens with one attached hydrogen (secondary N) is 1. The van der Waals surface area contributed by atoms with Crippen LogP contribution in [0.15, 0.2) is 0 Å². The van der Waals surface area contributed by atoms with Crippen LogP contribution in [0.5, 0.6) is 0 Å². The average molecular weight is 228 g/mol. The number of aliphatic hydroxyl groups excluding tert-OH is 1. The van der Waals surface area contributed by atoms with Gasteiger partial charge in [-0.05, 0) is 27.2 Å². The molecule has 0 aromatic carbocycles. The van der Waals surface area contributed by atoms with E-state index in [2.05, 4.69) is 24.1 Å². The van der Waals surface area contributed by atoms with E-state index in [9.17, 15) is 0 Å². The molecule has 0 fully saturated rings. The second-order valence-electron chi connectivity index (χ2n) is 3.88. The number of nitrogens with zero attached hydrogens (tertiary/aromatic N) is 1. The lowest BCUT2D eigenvalue weighted by molar-refractivity contribution is 0.243. The molecule has 0 aliphatic rings. The summed E-state index contributed by atoms with van der Waals surface area (Å²) in [5.74, 6) is 0. The van der Waals surface area contributed by atoms with Crippen LogP contribution in [0, 0.1) is 6.92 Å². The minimum Gasteiger partial charge on any atom is -0.395 e. The van der Waals surface area contributed by atoms with Gasteiger partial charge in [0, 0.05) is 17.0 Å². The predicted molar refractivity (Wildman–Crippen MR) is 64.3 cm³/mol. The van der Waals surface area contributed by atoms with Gasteiger partial charge in [0.25, 0.3) is 0 Å². The van der Waals surface area contributed by atoms with Gasteiger partial charge in [-0.15, -0.1) is 11.3 Å². The first-order chi connectivity index (χ1) is 7.08. The number of aryl methyl sites for hydroxylation is 2. The molecule has 1 heterocycles. The summed E-state index contributed by atoms with van der Waals surface area (Å²) in [4.78, 5) is 5.78. The summed E-state index contributed by atoms with van der Waals surface area (Å²) < 4.78 is 0. The lowest BCUT2D eigenvalue weighted by Crippen LogP contribution is -2.31. The van der Waals surface area contributed by atoms with Crippen LogP contribution in [0.25, 0.3) is 0 Å². The van der Waals surface area contributed by atoms with E-state index in [1.54, 1.807) is 11.3 Å². The van der Waals surface area contributed by atoms with Crippen molar-refractivity contribution in [2.75, 3.05) is 6.61 Å². The van der Waals surface area contributed by atoms with Gasteiger partial charge in [0.1, 0.15) is 0 Å². The number of thiazole rings is 1. The molecular formula is C11H20N2OS. The van der Waals surface area contributed by atoms with Crippen molar-refractivity contribution in [2.45, 2.75) is 46.2 Å². The summed E-state index contributed by atoms with van der Waals surface area (Å²) in [6.45, 7) is 8.44. The maximum Gasteiger partial charge on any atom is 0.0928 e. The third-order valence-electron chi connectivity index (χ3n) is 2.38. The molecule has 0 saturated carbocycles. The van der Waals surface area contributed by atoms with Gasteiger partial charge < -0.3 is 10.4 Å². The quantitative estimate of drug-likeness (QED) is 0.810. The number of aliphatic hydroxyl groups is 1. The SMILES string of the molecule is CCc1nc(C)c(C(C)N[C@@H](C)CO)s1. The normalized spacial score (nSPS) is 15.3. The highest BCUT2D eigenvalue weighted by molar-refractivity contribution is 7.11. The van der Waals surface area contributed by atoms with Gasteiger partial charge in [0.2, 0.25) is 0 Å². The van der Waals surface area contributed by atoms with E-state index in [0.717, 1.165) is 12.1 Å². The van der Waals surface area contributed by atoms with Gasteiger partial charge in [-0.25, -0.2) is 4.98 Å². The largest absolute Gasteiger partial charge is 0.395 e. The van der Waals surface area contributed by atoms with E-state index in [-0.39, 0.29) is 18.7 Å². The zero-order chi connectivity index (χ0) is 11.4. The minimum absolute atomic E-state index is 0.131. The van der Waals surface area contributed by atoms with Crippen LogP contribution in [0.3, 0.4) is 0 Å². The van der Waals surface area contributed by atoms with Crippen molar-refractivity contribution in [2.24, 2.45) is 0 Å². The zero-order valence-electron chi connectivity index (χ0n) is 9.87. The van der Waals surface area contributed by atoms with Crippen molar-refractivity contribution < 1.29 is 5.11 Å². The summed E-state index contributed by atoms with van der Waals surface area (Å²) >= 11 is 1.76. The number of hydrogen-bond donors (Lipinski definition) is 2. The van der Waals surface area contributed by atoms with Crippen molar-refractivity contribution in [3.63, 3.8) is 0 Å². The maximum atomic E-state index is 8.98. The number of aromatic nitrogens is 1. The molecule has 0 aliphatic carbocycles. The molecule has 1 rings (SSSR count). The topological polar surface area (TPSA) is 45.2 Å². The smallest absolute Gasteiger partial charge is 0.0928 e. The van der Waals surface area contributed by atoms with Crippen molar-refractivity contribution in [1.29, 1.82) is 0 Å². The van der Waals surface area contributed by atoms with Gasteiger partial charge in [-0.1, -0.05) is 6.92 Å². The molecule has 2 N–H and O–H groups in total. The summed E-state index contributed by atoms with van der Waals surface area (Å²) in [5, 5.41) is 13.5. The summed E-state index contributed by atoms with van der Waals surface area (Å²) in [5.41, 5.74) is 1.11. The lowest BCUT2D eigenvalue weighted by atomic mass is 10.2. The second kappa shape index (κ2) is 5.58. The van der Waals surface area contributed by atoms with E-state index in [1.807, 2.05) is 13.8 Å². The van der Waals surface area contributed by atoms with Gasteiger partial charge in [-0.2, -0.15) is 0 Å². The predicted octanol–water partition coefficient (Wildman–Crippen LogP) is 2.05. The first kappa shape index (κ1) is 12.6. The molecule has 0 radical (unpaired) electrons. The average Bonchev–Trinajstić information content (AvgIpc) is 2.59. The number of hydrogen-bond acceptors (Lipinski definition) is 4. The molecule has 0 aliphatic heterocycles. The van der Waals surface area contributed by atoms with Crippen LogP contribution < -0.4 is 5.32 Å². The summed E-state index contributed by atoms with van der Waals surface area (Å²) in [6.07, 6.45) is 0.994. The molecule has 86 valence electrons. The summed E-state index contributed by atoms with van der Waals surface area (Å²) in [6, 6.07) is 0.400. The monoisotopic (exact) mass is 228 g/mol. The Morgan fingerprint density at radius 2 is 2.13 bits per heavy atom. The molecule has 4 heteroatoms. The molecular weight excluding hydrogens is 208 g/mol. The minimum atomic E-state index is 0.131. The fourth-order valence-corrected chi connectivity index (χ4v) is 2.59. The van der Waals surface area contributed by atoms with Gasteiger partial charge in [0.05, 0.1) is 17.3 Å². The molecule has 0 spiro atoms. The van der Waals surface area contributed by atoms with Crippen LogP contribution in [-0.2, 0) is 6.42 Å². The van der Waals surface area contributed by atoms with E-state index >= 15 is 0 Å². The van der Waals surface area contributed by atoms with Crippen molar-refractivity contribution in [3.8, 4) is 0 Å². The molecule has 1 aromatic rings. The lowest BCUT2D eigenvalue weighted by Gasteiger charge is -2.17. The molecule has 3 nitrogen and oxygen atoms in total. The van der Waals surface area contributed by atoms with E-state index < -0.39 is 0 Å². The van der Waals surface area contributed by atoms with E-state index in [4.69, 9.17) is 5.11 Å². The Hall–Kier alpha value is -0.450. The van der Waals surface area contributed by atoms with Crippen molar-refractivity contribution in [3.05, 3.63) is 15.6 Å². The van der Waals surface area contributed by atoms with Crippen LogP contribution in [0.4, 0.5) is 0 Å². The molecule has 1 aromatic heterocycles. The molecule has 0 bridgehead atoms. The van der Waals surface area contributed by atoms with Gasteiger partial charge in [-0.3, -0.25) is 0 Å². The standard InChI is InChI=1S/C11H20N2OS/c1-5-10-13-9(4)11(15-10)8(3)12-7(2)6-14/h7-8,12,14H,5-6H2,1-4H3/t7-,8?/m0/s1. The Morgan fingerprint density at radius 3 is 2.60 bits per heavy atom. The fraction of sp³-hybridized carbons (Fsp3) is 0.727. The molecule has 0 saturated heterocycles. The first-order valence-electron chi connectivity index (χ1n) is 5.41. The van der Waals surface area contributed by atoms with Crippen LogP contribution in [0.1, 0.15) is 42.4 Å². The molecule has 2 atom stereocenters. The Morgan fingerprint density at radius 1 is 1.47 bits per heavy atom. The van der Waals surface area contributed by atoms with E-state index in [0.29, 0.717) is 0 Å². The second-order valence-corrected chi connectivity index (χ2v) is 5.00. The molecule has 1 unspecified atom stereocenters. The summed E-state index contributed by atoms with van der Waals surface area (Å²) in [7, 11) is 0. The van der Waals surface area contributed by atoms with E-state index in [1.165, 1.54) is 9.88 Å². The zero-order valence-corrected chi connectivity index (χ0v) is 10.7. The van der Waals surface area contributed by atoms with Crippen molar-refractivity contribution >= 4 is 11.3 Å². The highest BCUT2D eigenvalue weighted by Gasteiger charge is 2.15. The fourth-order valence-electron chi connectivity index (χ4n) is 1.57. The molecule has 15 heavy (non-hydrogen) atoms. The first-order valence-corrected chi connectivity index (χ1v) is 6.23. The Bertz CT molecular complexity index is 312. The Labute approximate surface area is 95.6 Å². The number of rotatable bonds is 5. The Kier molecular flexibility index (Phi) is 4.70. The highest BCUT2D eigenvalue weighted by atomic mass is 32.1. The van der Waals surface area contributed by atoms with Crippen molar-refractivity contribution in [1.82, 2.24) is 10.3 Å². The maximum absolute atomic E-state index is 8.98. The third-order valence-corrected chi connectivity index (χ3v) is 3.87.